The maximum Gasteiger partial charge on any atom is 0.118 e. The number of nitrogens with zero attached hydrogens (tertiary/aromatic N) is 1. The third-order valence-electron chi connectivity index (χ3n) is 3.80. The third-order valence-corrected chi connectivity index (χ3v) is 3.80. The smallest absolute Gasteiger partial charge is 0.118 e. The molecule has 0 bridgehead atoms. The van der Waals surface area contributed by atoms with Crippen LogP contribution in [-0.2, 0) is 13.0 Å². The molecule has 0 unspecified atom stereocenters. The zero-order valence-corrected chi connectivity index (χ0v) is 12.3. The summed E-state index contributed by atoms with van der Waals surface area (Å²) in [6.07, 6.45) is 3.05. The number of hydrogen-bond acceptors (Lipinski definition) is 2. The van der Waals surface area contributed by atoms with Gasteiger partial charge < -0.3 is 15.0 Å². The lowest BCUT2D eigenvalue weighted by molar-refractivity contribution is 0.414. The Kier molecular flexibility index (Phi) is 3.93. The van der Waals surface area contributed by atoms with E-state index in [1.54, 1.807) is 7.11 Å². The lowest BCUT2D eigenvalue weighted by Crippen LogP contribution is -2.05. The lowest BCUT2D eigenvalue weighted by Gasteiger charge is -2.10. The molecule has 3 nitrogen and oxygen atoms in total. The zero-order chi connectivity index (χ0) is 14.7. The quantitative estimate of drug-likeness (QED) is 0.779. The van der Waals surface area contributed by atoms with E-state index in [4.69, 9.17) is 10.5 Å². The first kappa shape index (κ1) is 13.7. The predicted octanol–water partition coefficient (Wildman–Crippen LogP) is 3.20. The third kappa shape index (κ3) is 2.78. The van der Waals surface area contributed by atoms with Gasteiger partial charge in [-0.25, -0.2) is 0 Å². The molecule has 0 amide bonds. The number of fused-ring (bicyclic) bond motifs is 1. The van der Waals surface area contributed by atoms with Crippen LogP contribution in [0, 0.1) is 0 Å². The molecule has 0 saturated heterocycles. The molecule has 1 heterocycles. The van der Waals surface area contributed by atoms with E-state index in [1.165, 1.54) is 22.0 Å². The van der Waals surface area contributed by atoms with Crippen molar-refractivity contribution in [1.29, 1.82) is 0 Å². The fourth-order valence-corrected chi connectivity index (χ4v) is 2.76. The summed E-state index contributed by atoms with van der Waals surface area (Å²) in [7, 11) is 1.69. The van der Waals surface area contributed by atoms with Crippen LogP contribution in [0.1, 0.15) is 11.1 Å². The van der Waals surface area contributed by atoms with Gasteiger partial charge in [-0.1, -0.05) is 30.3 Å². The molecule has 1 aromatic heterocycles. The topological polar surface area (TPSA) is 40.2 Å². The Morgan fingerprint density at radius 3 is 2.57 bits per heavy atom. The van der Waals surface area contributed by atoms with Gasteiger partial charge in [0.25, 0.3) is 0 Å². The summed E-state index contributed by atoms with van der Waals surface area (Å²) in [5, 5.41) is 1.27. The normalized spacial score (nSPS) is 11.0. The molecule has 0 saturated carbocycles. The highest BCUT2D eigenvalue weighted by atomic mass is 16.5. The van der Waals surface area contributed by atoms with Crippen molar-refractivity contribution in [3.8, 4) is 5.75 Å². The molecule has 21 heavy (non-hydrogen) atoms. The minimum Gasteiger partial charge on any atom is -0.497 e. The van der Waals surface area contributed by atoms with E-state index in [1.807, 2.05) is 12.1 Å². The summed E-state index contributed by atoms with van der Waals surface area (Å²) in [4.78, 5) is 0. The summed E-state index contributed by atoms with van der Waals surface area (Å²) in [6, 6.07) is 16.8. The molecule has 0 atom stereocenters. The van der Waals surface area contributed by atoms with Gasteiger partial charge in [-0.15, -0.1) is 0 Å². The molecule has 2 N–H and O–H groups in total. The summed E-state index contributed by atoms with van der Waals surface area (Å²) >= 11 is 0. The number of ether oxygens (including phenoxy) is 1. The van der Waals surface area contributed by atoms with Crippen LogP contribution in [0.15, 0.2) is 54.7 Å². The number of aromatic nitrogens is 1. The largest absolute Gasteiger partial charge is 0.497 e. The predicted molar refractivity (Wildman–Crippen MR) is 86.8 cm³/mol. The van der Waals surface area contributed by atoms with Gasteiger partial charge in [-0.05, 0) is 47.7 Å². The maximum atomic E-state index is 5.73. The first-order valence-electron chi connectivity index (χ1n) is 7.21. The van der Waals surface area contributed by atoms with Gasteiger partial charge in [0, 0.05) is 12.7 Å². The van der Waals surface area contributed by atoms with Crippen LogP contribution in [0.3, 0.4) is 0 Å². The molecular formula is C18H20N2O. The van der Waals surface area contributed by atoms with Crippen LogP contribution in [0.4, 0.5) is 0 Å². The molecule has 0 spiro atoms. The number of hydrogen-bond donors (Lipinski definition) is 1. The Labute approximate surface area is 125 Å². The van der Waals surface area contributed by atoms with E-state index in [0.717, 1.165) is 18.7 Å². The lowest BCUT2D eigenvalue weighted by atomic mass is 10.1. The van der Waals surface area contributed by atoms with Gasteiger partial charge in [0.1, 0.15) is 5.75 Å². The number of methoxy groups -OCH3 is 1. The van der Waals surface area contributed by atoms with Gasteiger partial charge >= 0.3 is 0 Å². The number of para-hydroxylation sites is 1. The monoisotopic (exact) mass is 280 g/mol. The van der Waals surface area contributed by atoms with Crippen LogP contribution in [0.2, 0.25) is 0 Å². The average Bonchev–Trinajstić information content (AvgIpc) is 2.93. The van der Waals surface area contributed by atoms with Crippen LogP contribution in [-0.4, -0.2) is 18.2 Å². The second kappa shape index (κ2) is 6.02. The van der Waals surface area contributed by atoms with Crippen LogP contribution >= 0.6 is 0 Å². The molecular weight excluding hydrogens is 260 g/mol. The Morgan fingerprint density at radius 1 is 1.05 bits per heavy atom. The van der Waals surface area contributed by atoms with Gasteiger partial charge in [0.2, 0.25) is 0 Å². The SMILES string of the molecule is COc1ccc(Cn2ccc3cccc(CCN)c32)cc1. The van der Waals surface area contributed by atoms with E-state index in [9.17, 15) is 0 Å². The Hall–Kier alpha value is -2.26. The van der Waals surface area contributed by atoms with Crippen LogP contribution in [0.5, 0.6) is 5.75 Å². The van der Waals surface area contributed by atoms with E-state index in [2.05, 4.69) is 47.2 Å². The zero-order valence-electron chi connectivity index (χ0n) is 12.3. The molecule has 108 valence electrons. The van der Waals surface area contributed by atoms with E-state index in [0.29, 0.717) is 6.54 Å². The highest BCUT2D eigenvalue weighted by Gasteiger charge is 2.06. The summed E-state index contributed by atoms with van der Waals surface area (Å²) in [5.74, 6) is 0.889. The summed E-state index contributed by atoms with van der Waals surface area (Å²) in [6.45, 7) is 1.53. The Morgan fingerprint density at radius 2 is 1.86 bits per heavy atom. The fourth-order valence-electron chi connectivity index (χ4n) is 2.76. The summed E-state index contributed by atoms with van der Waals surface area (Å²) < 4.78 is 7.50. The molecule has 0 aliphatic heterocycles. The number of nitrogens with two attached hydrogens (primary N) is 1. The van der Waals surface area contributed by atoms with E-state index < -0.39 is 0 Å². The van der Waals surface area contributed by atoms with Gasteiger partial charge in [0.05, 0.1) is 12.6 Å². The van der Waals surface area contributed by atoms with Crippen molar-refractivity contribution < 1.29 is 4.74 Å². The molecule has 3 rings (SSSR count). The van der Waals surface area contributed by atoms with Crippen molar-refractivity contribution in [2.45, 2.75) is 13.0 Å². The molecule has 0 aliphatic carbocycles. The van der Waals surface area contributed by atoms with Crippen LogP contribution < -0.4 is 10.5 Å². The number of rotatable bonds is 5. The molecule has 3 heteroatoms. The average molecular weight is 280 g/mol. The summed E-state index contributed by atoms with van der Waals surface area (Å²) in [5.41, 5.74) is 9.60. The maximum absolute atomic E-state index is 5.73. The first-order chi connectivity index (χ1) is 10.3. The van der Waals surface area contributed by atoms with Crippen molar-refractivity contribution in [1.82, 2.24) is 4.57 Å². The van der Waals surface area contributed by atoms with Crippen molar-refractivity contribution >= 4 is 10.9 Å². The number of benzene rings is 2. The van der Waals surface area contributed by atoms with Crippen molar-refractivity contribution in [2.24, 2.45) is 5.73 Å². The van der Waals surface area contributed by atoms with Crippen molar-refractivity contribution in [3.05, 3.63) is 65.9 Å². The second-order valence-corrected chi connectivity index (χ2v) is 5.19. The van der Waals surface area contributed by atoms with Crippen molar-refractivity contribution in [3.63, 3.8) is 0 Å². The molecule has 3 aromatic rings. The standard InChI is InChI=1S/C18H20N2O/c1-21-17-7-5-14(6-8-17)13-20-12-10-16-4-2-3-15(9-11-19)18(16)20/h2-8,10,12H,9,11,13,19H2,1H3. The highest BCUT2D eigenvalue weighted by molar-refractivity contribution is 5.83. The van der Waals surface area contributed by atoms with Crippen LogP contribution in [0.25, 0.3) is 10.9 Å². The Balaban J connectivity index is 1.96. The first-order valence-corrected chi connectivity index (χ1v) is 7.21. The van der Waals surface area contributed by atoms with Gasteiger partial charge in [-0.3, -0.25) is 0 Å². The molecule has 0 radical (unpaired) electrons. The minimum atomic E-state index is 0.673. The van der Waals surface area contributed by atoms with E-state index >= 15 is 0 Å². The fraction of sp³-hybridized carbons (Fsp3) is 0.222. The Bertz CT molecular complexity index is 729. The molecule has 2 aromatic carbocycles. The minimum absolute atomic E-state index is 0.673. The van der Waals surface area contributed by atoms with Gasteiger partial charge in [0.15, 0.2) is 0 Å². The second-order valence-electron chi connectivity index (χ2n) is 5.19. The van der Waals surface area contributed by atoms with E-state index in [-0.39, 0.29) is 0 Å². The molecule has 0 fully saturated rings. The van der Waals surface area contributed by atoms with Gasteiger partial charge in [-0.2, -0.15) is 0 Å². The molecule has 0 aliphatic rings. The highest BCUT2D eigenvalue weighted by Crippen LogP contribution is 2.22. The van der Waals surface area contributed by atoms with Crippen molar-refractivity contribution in [2.75, 3.05) is 13.7 Å².